The topological polar surface area (TPSA) is 243 Å². The van der Waals surface area contributed by atoms with Crippen molar-refractivity contribution in [1.29, 1.82) is 0 Å². The molecule has 3 fully saturated rings. The maximum absolute atomic E-state index is 13.2. The van der Waals surface area contributed by atoms with Gasteiger partial charge < -0.3 is 69.3 Å². The predicted octanol–water partition coefficient (Wildman–Crippen LogP) is 0.224. The molecule has 11 atom stereocenters. The van der Waals surface area contributed by atoms with Crippen LogP contribution in [-0.4, -0.2) is 138 Å². The van der Waals surface area contributed by atoms with Crippen LogP contribution in [0.15, 0.2) is 54.9 Å². The third-order valence-corrected chi connectivity index (χ3v) is 9.65. The van der Waals surface area contributed by atoms with Crippen molar-refractivity contribution >= 4 is 0 Å². The van der Waals surface area contributed by atoms with Gasteiger partial charge in [-0.3, -0.25) is 4.98 Å². The minimum atomic E-state index is -3.04. The van der Waals surface area contributed by atoms with Gasteiger partial charge in [-0.25, -0.2) is 4.98 Å². The molecule has 0 spiro atoms. The van der Waals surface area contributed by atoms with Crippen LogP contribution in [0.25, 0.3) is 0 Å². The number of benzene rings is 1. The predicted molar refractivity (Wildman–Crippen MR) is 183 cm³/mol. The van der Waals surface area contributed by atoms with Crippen LogP contribution in [0, 0.1) is 0 Å². The van der Waals surface area contributed by atoms with Gasteiger partial charge in [-0.2, -0.15) is 8.78 Å². The Hall–Kier alpha value is -3.66. The summed E-state index contributed by atoms with van der Waals surface area (Å²) in [4.78, 5) is 8.80. The second-order valence-electron chi connectivity index (χ2n) is 14.3. The molecule has 2 saturated heterocycles. The molecule has 16 nitrogen and oxygen atoms in total. The highest BCUT2D eigenvalue weighted by Gasteiger charge is 2.51. The summed E-state index contributed by atoms with van der Waals surface area (Å²) >= 11 is 0. The molecule has 3 aromatic rings. The van der Waals surface area contributed by atoms with Gasteiger partial charge in [-0.1, -0.05) is 18.2 Å². The Balaban J connectivity index is 1.18. The summed E-state index contributed by atoms with van der Waals surface area (Å²) in [5.41, 5.74) is 1.42. The molecule has 4 heterocycles. The van der Waals surface area contributed by atoms with E-state index in [-0.39, 0.29) is 23.5 Å². The van der Waals surface area contributed by atoms with E-state index >= 15 is 0 Å². The fourth-order valence-corrected chi connectivity index (χ4v) is 6.40. The maximum Gasteiger partial charge on any atom is 0.387 e. The summed E-state index contributed by atoms with van der Waals surface area (Å²) in [5.74, 6) is -0.325. The van der Waals surface area contributed by atoms with Crippen molar-refractivity contribution in [3.05, 3.63) is 77.2 Å². The molecule has 0 radical (unpaired) electrons. The van der Waals surface area contributed by atoms with Crippen molar-refractivity contribution in [1.82, 2.24) is 9.97 Å². The van der Waals surface area contributed by atoms with E-state index in [4.69, 9.17) is 28.4 Å². The number of aliphatic hydroxyl groups is 8. The molecule has 1 aromatic carbocycles. The summed E-state index contributed by atoms with van der Waals surface area (Å²) in [7, 11) is 0. The van der Waals surface area contributed by atoms with Crippen molar-refractivity contribution < 1.29 is 78.1 Å². The summed E-state index contributed by atoms with van der Waals surface area (Å²) < 4.78 is 59.4. The molecule has 6 rings (SSSR count). The first-order valence-electron chi connectivity index (χ1n) is 17.8. The Morgan fingerprint density at radius 3 is 2.05 bits per heavy atom. The summed E-state index contributed by atoms with van der Waals surface area (Å²) in [5, 5.41) is 82.4. The molecule has 0 amide bonds. The molecular formula is C37H46F2N2O14. The smallest absolute Gasteiger partial charge is 0.387 e. The lowest BCUT2D eigenvalue weighted by molar-refractivity contribution is -0.352. The van der Waals surface area contributed by atoms with Gasteiger partial charge >= 0.3 is 6.61 Å². The van der Waals surface area contributed by atoms with Gasteiger partial charge in [0.15, 0.2) is 17.8 Å². The number of halogens is 2. The average molecular weight is 781 g/mol. The zero-order chi connectivity index (χ0) is 39.6. The van der Waals surface area contributed by atoms with Crippen LogP contribution in [0.3, 0.4) is 0 Å². The number of rotatable bonds is 15. The van der Waals surface area contributed by atoms with Crippen LogP contribution >= 0.6 is 0 Å². The van der Waals surface area contributed by atoms with Crippen molar-refractivity contribution in [2.45, 2.75) is 119 Å². The highest BCUT2D eigenvalue weighted by atomic mass is 19.3. The molecular weight excluding hydrogens is 734 g/mol. The van der Waals surface area contributed by atoms with Crippen molar-refractivity contribution in [3.63, 3.8) is 0 Å². The van der Waals surface area contributed by atoms with Gasteiger partial charge in [0.1, 0.15) is 54.4 Å². The van der Waals surface area contributed by atoms with Crippen LogP contribution in [-0.2, 0) is 26.2 Å². The number of aliphatic hydroxyl groups excluding tert-OH is 7. The molecule has 2 aliphatic heterocycles. The van der Waals surface area contributed by atoms with E-state index in [1.54, 1.807) is 44.3 Å². The van der Waals surface area contributed by atoms with Crippen molar-refractivity contribution in [3.8, 4) is 17.4 Å². The third kappa shape index (κ3) is 9.66. The van der Waals surface area contributed by atoms with Crippen LogP contribution in [0.2, 0.25) is 0 Å². The number of alkyl halides is 2. The number of pyridine rings is 2. The zero-order valence-corrected chi connectivity index (χ0v) is 29.9. The van der Waals surface area contributed by atoms with Gasteiger partial charge in [0.25, 0.3) is 0 Å². The monoisotopic (exact) mass is 780 g/mol. The first-order valence-corrected chi connectivity index (χ1v) is 17.8. The quantitative estimate of drug-likeness (QED) is 0.103. The summed E-state index contributed by atoms with van der Waals surface area (Å²) in [6.07, 6.45) is -11.2. The SMILES string of the molecule is CC(C)(O)c1ccc([C@@H](Cc2ccc(O[C@@H]3O[C@H](CO)[C@@H](O[C@@H]4O[C@H](CO)[C@@H](O)[C@H](O)[C@H]4O)[C@H](O)[C@H]3O)nc2)c2ccc(OC(F)F)c(OC3CC3)c2)cn1. The highest BCUT2D eigenvalue weighted by Crippen LogP contribution is 2.39. The number of ether oxygens (including phenoxy) is 6. The lowest BCUT2D eigenvalue weighted by Gasteiger charge is -2.45. The van der Waals surface area contributed by atoms with Crippen LogP contribution in [0.4, 0.5) is 8.78 Å². The van der Waals surface area contributed by atoms with Crippen LogP contribution in [0.1, 0.15) is 55.0 Å². The Labute approximate surface area is 314 Å². The van der Waals surface area contributed by atoms with E-state index in [0.717, 1.165) is 18.4 Å². The van der Waals surface area contributed by atoms with E-state index < -0.39 is 92.8 Å². The molecule has 8 N–H and O–H groups in total. The van der Waals surface area contributed by atoms with E-state index in [1.165, 1.54) is 18.3 Å². The fraction of sp³-hybridized carbons (Fsp3) is 0.568. The van der Waals surface area contributed by atoms with Gasteiger partial charge in [-0.15, -0.1) is 0 Å². The fourth-order valence-electron chi connectivity index (χ4n) is 6.40. The molecule has 1 saturated carbocycles. The van der Waals surface area contributed by atoms with Crippen LogP contribution < -0.4 is 14.2 Å². The van der Waals surface area contributed by atoms with Gasteiger partial charge in [0, 0.05) is 24.4 Å². The molecule has 55 heavy (non-hydrogen) atoms. The van der Waals surface area contributed by atoms with Crippen LogP contribution in [0.5, 0.6) is 17.4 Å². The number of hydrogen-bond donors (Lipinski definition) is 8. The molecule has 2 aromatic heterocycles. The Kier molecular flexibility index (Phi) is 12.8. The normalized spacial score (nSPS) is 30.6. The van der Waals surface area contributed by atoms with E-state index in [0.29, 0.717) is 23.2 Å². The highest BCUT2D eigenvalue weighted by molar-refractivity contribution is 5.47. The Morgan fingerprint density at radius 2 is 1.45 bits per heavy atom. The first-order chi connectivity index (χ1) is 26.2. The number of nitrogens with zero attached hydrogens (tertiary/aromatic N) is 2. The lowest BCUT2D eigenvalue weighted by Crippen LogP contribution is -2.65. The van der Waals surface area contributed by atoms with E-state index in [2.05, 4.69) is 9.97 Å². The minimum absolute atomic E-state index is 0.0219. The zero-order valence-electron chi connectivity index (χ0n) is 29.9. The number of aromatic nitrogens is 2. The molecule has 0 bridgehead atoms. The largest absolute Gasteiger partial charge is 0.487 e. The third-order valence-electron chi connectivity index (χ3n) is 9.65. The van der Waals surface area contributed by atoms with Crippen molar-refractivity contribution in [2.75, 3.05) is 13.2 Å². The average Bonchev–Trinajstić information content (AvgIpc) is 3.98. The molecule has 0 unspecified atom stereocenters. The van der Waals surface area contributed by atoms with Gasteiger partial charge in [-0.05, 0) is 68.0 Å². The second kappa shape index (κ2) is 17.2. The Bertz CT molecular complexity index is 1690. The second-order valence-corrected chi connectivity index (χ2v) is 14.3. The molecule has 1 aliphatic carbocycles. The summed E-state index contributed by atoms with van der Waals surface area (Å²) in [6.45, 7) is -1.28. The lowest BCUT2D eigenvalue weighted by atomic mass is 9.86. The van der Waals surface area contributed by atoms with Gasteiger partial charge in [0.2, 0.25) is 12.2 Å². The molecule has 302 valence electrons. The maximum atomic E-state index is 13.2. The van der Waals surface area contributed by atoms with Gasteiger partial charge in [0.05, 0.1) is 25.0 Å². The van der Waals surface area contributed by atoms with Crippen molar-refractivity contribution in [2.24, 2.45) is 0 Å². The Morgan fingerprint density at radius 1 is 0.764 bits per heavy atom. The standard InChI is InChI=1S/C37H46F2N2O14/c1-37(2,49)26-9-5-19(14-40-26)21(18-4-8-22(53-36(38)39)23(12-18)50-20-6-7-20)11-17-3-10-27(41-13-17)54-34-32(48)30(46)33(25(16-43)52-34)55-35-31(47)29(45)28(44)24(15-42)51-35/h3-5,8-10,12-14,20-21,24-25,28-36,42-49H,6-7,11,15-16H2,1-2H3/t21-,24+,25+,28+,29-,30+,31+,32+,33+,34-,35-/m0/s1. The molecule has 3 aliphatic rings. The summed E-state index contributed by atoms with van der Waals surface area (Å²) in [6, 6.07) is 11.5. The minimum Gasteiger partial charge on any atom is -0.487 e. The number of hydrogen-bond acceptors (Lipinski definition) is 16. The van der Waals surface area contributed by atoms with E-state index in [1.807, 2.05) is 6.07 Å². The van der Waals surface area contributed by atoms with E-state index in [9.17, 15) is 49.6 Å². The first kappa shape index (κ1) is 41.0. The molecule has 18 heteroatoms.